The van der Waals surface area contributed by atoms with E-state index in [9.17, 15) is 14.9 Å². The Morgan fingerprint density at radius 3 is 2.81 bits per heavy atom. The zero-order valence-corrected chi connectivity index (χ0v) is 12.0. The molecule has 0 aliphatic heterocycles. The van der Waals surface area contributed by atoms with Gasteiger partial charge in [-0.2, -0.15) is 0 Å². The molecule has 0 radical (unpaired) electrons. The van der Waals surface area contributed by atoms with Crippen molar-refractivity contribution in [3.8, 4) is 0 Å². The molecule has 1 amide bonds. The molecule has 114 valence electrons. The molecule has 1 aliphatic rings. The van der Waals surface area contributed by atoms with E-state index < -0.39 is 4.92 Å². The van der Waals surface area contributed by atoms with Crippen LogP contribution in [0.15, 0.2) is 18.2 Å². The van der Waals surface area contributed by atoms with Gasteiger partial charge < -0.3 is 10.7 Å². The lowest BCUT2D eigenvalue weighted by atomic mass is 9.87. The normalized spacial score (nSPS) is 21.6. The Labute approximate surface area is 123 Å². The zero-order valence-electron chi connectivity index (χ0n) is 12.0. The summed E-state index contributed by atoms with van der Waals surface area (Å²) >= 11 is 0. The molecule has 0 spiro atoms. The van der Waals surface area contributed by atoms with Crippen molar-refractivity contribution < 1.29 is 9.72 Å². The number of carbonyl (C=O) groups excluding carboxylic acids is 1. The Bertz CT molecular complexity index is 547. The summed E-state index contributed by atoms with van der Waals surface area (Å²) in [4.78, 5) is 22.6. The molecule has 0 heterocycles. The fourth-order valence-electron chi connectivity index (χ4n) is 2.78. The van der Waals surface area contributed by atoms with Gasteiger partial charge in [0.1, 0.15) is 5.69 Å². The van der Waals surface area contributed by atoms with Gasteiger partial charge in [-0.1, -0.05) is 19.8 Å². The number of anilines is 1. The van der Waals surface area contributed by atoms with Crippen molar-refractivity contribution >= 4 is 17.3 Å². The predicted octanol–water partition coefficient (Wildman–Crippen LogP) is 2.19. The molecule has 0 saturated heterocycles. The SMILES string of the molecule is CC1CCCC(NC(=O)c2ccc(NN)c([N+](=O)[O-])c2)C1. The minimum atomic E-state index is -0.561. The van der Waals surface area contributed by atoms with E-state index in [2.05, 4.69) is 17.7 Å². The lowest BCUT2D eigenvalue weighted by Gasteiger charge is -2.27. The van der Waals surface area contributed by atoms with Crippen molar-refractivity contribution in [2.75, 3.05) is 5.43 Å². The second kappa shape index (κ2) is 6.53. The summed E-state index contributed by atoms with van der Waals surface area (Å²) in [6.07, 6.45) is 4.20. The number of nitro benzene ring substituents is 1. The first-order valence-corrected chi connectivity index (χ1v) is 7.07. The second-order valence-electron chi connectivity index (χ2n) is 5.58. The fourth-order valence-corrected chi connectivity index (χ4v) is 2.78. The molecular formula is C14H20N4O3. The van der Waals surface area contributed by atoms with Gasteiger partial charge in [-0.15, -0.1) is 0 Å². The minimum absolute atomic E-state index is 0.146. The van der Waals surface area contributed by atoms with Crippen LogP contribution in [0.3, 0.4) is 0 Å². The first-order chi connectivity index (χ1) is 10.0. The molecule has 2 unspecified atom stereocenters. The van der Waals surface area contributed by atoms with Crippen LogP contribution in [-0.2, 0) is 0 Å². The van der Waals surface area contributed by atoms with Gasteiger partial charge in [-0.3, -0.25) is 20.8 Å². The van der Waals surface area contributed by atoms with Gasteiger partial charge in [0.15, 0.2) is 0 Å². The van der Waals surface area contributed by atoms with Crippen LogP contribution in [-0.4, -0.2) is 16.9 Å². The van der Waals surface area contributed by atoms with Crippen LogP contribution in [0.5, 0.6) is 0 Å². The monoisotopic (exact) mass is 292 g/mol. The number of hydrazine groups is 1. The van der Waals surface area contributed by atoms with Crippen LogP contribution < -0.4 is 16.6 Å². The van der Waals surface area contributed by atoms with E-state index >= 15 is 0 Å². The number of nitrogens with zero attached hydrogens (tertiary/aromatic N) is 1. The summed E-state index contributed by atoms with van der Waals surface area (Å²) < 4.78 is 0. The molecule has 7 nitrogen and oxygen atoms in total. The number of carbonyl (C=O) groups is 1. The lowest BCUT2D eigenvalue weighted by molar-refractivity contribution is -0.384. The summed E-state index contributed by atoms with van der Waals surface area (Å²) in [6.45, 7) is 2.17. The van der Waals surface area contributed by atoms with Crippen LogP contribution in [0.1, 0.15) is 43.0 Å². The van der Waals surface area contributed by atoms with E-state index in [0.29, 0.717) is 5.92 Å². The third kappa shape index (κ3) is 3.69. The quantitative estimate of drug-likeness (QED) is 0.447. The highest BCUT2D eigenvalue weighted by Crippen LogP contribution is 2.26. The topological polar surface area (TPSA) is 110 Å². The maximum absolute atomic E-state index is 12.2. The Balaban J connectivity index is 2.12. The summed E-state index contributed by atoms with van der Waals surface area (Å²) in [5, 5.41) is 13.9. The maximum atomic E-state index is 12.2. The van der Waals surface area contributed by atoms with Gasteiger partial charge in [-0.25, -0.2) is 0 Å². The molecule has 0 bridgehead atoms. The number of nitrogens with two attached hydrogens (primary N) is 1. The molecule has 1 fully saturated rings. The molecule has 1 aliphatic carbocycles. The van der Waals surface area contributed by atoms with E-state index in [4.69, 9.17) is 5.84 Å². The molecule has 2 rings (SSSR count). The maximum Gasteiger partial charge on any atom is 0.294 e. The Kier molecular flexibility index (Phi) is 4.74. The molecule has 1 aromatic carbocycles. The fraction of sp³-hybridized carbons (Fsp3) is 0.500. The average molecular weight is 292 g/mol. The van der Waals surface area contributed by atoms with Crippen LogP contribution in [0.2, 0.25) is 0 Å². The number of rotatable bonds is 4. The highest BCUT2D eigenvalue weighted by atomic mass is 16.6. The Morgan fingerprint density at radius 2 is 2.19 bits per heavy atom. The zero-order chi connectivity index (χ0) is 15.4. The molecule has 0 aromatic heterocycles. The smallest absolute Gasteiger partial charge is 0.294 e. The summed E-state index contributed by atoms with van der Waals surface area (Å²) in [6, 6.07) is 4.37. The lowest BCUT2D eigenvalue weighted by Crippen LogP contribution is -2.38. The minimum Gasteiger partial charge on any atom is -0.349 e. The number of hydrogen-bond donors (Lipinski definition) is 3. The number of nitrogen functional groups attached to an aromatic ring is 1. The molecule has 1 saturated carbocycles. The number of hydrogen-bond acceptors (Lipinski definition) is 5. The first-order valence-electron chi connectivity index (χ1n) is 7.07. The number of nitrogens with one attached hydrogen (secondary N) is 2. The highest BCUT2D eigenvalue weighted by Gasteiger charge is 2.22. The van der Waals surface area contributed by atoms with Crippen molar-refractivity contribution in [3.05, 3.63) is 33.9 Å². The molecule has 1 aromatic rings. The van der Waals surface area contributed by atoms with Crippen LogP contribution >= 0.6 is 0 Å². The molecule has 4 N–H and O–H groups in total. The highest BCUT2D eigenvalue weighted by molar-refractivity contribution is 5.95. The van der Waals surface area contributed by atoms with Gasteiger partial charge in [0, 0.05) is 17.7 Å². The summed E-state index contributed by atoms with van der Waals surface area (Å²) in [5.41, 5.74) is 2.51. The first kappa shape index (κ1) is 15.2. The molecule has 21 heavy (non-hydrogen) atoms. The van der Waals surface area contributed by atoms with Crippen molar-refractivity contribution in [1.29, 1.82) is 0 Å². The molecule has 7 heteroatoms. The predicted molar refractivity (Wildman–Crippen MR) is 79.8 cm³/mol. The van der Waals surface area contributed by atoms with Gasteiger partial charge in [0.25, 0.3) is 11.6 Å². The largest absolute Gasteiger partial charge is 0.349 e. The van der Waals surface area contributed by atoms with E-state index in [-0.39, 0.29) is 28.9 Å². The number of amides is 1. The van der Waals surface area contributed by atoms with E-state index in [1.807, 2.05) is 0 Å². The number of nitro groups is 1. The van der Waals surface area contributed by atoms with Gasteiger partial charge >= 0.3 is 0 Å². The van der Waals surface area contributed by atoms with E-state index in [0.717, 1.165) is 19.3 Å². The third-order valence-corrected chi connectivity index (χ3v) is 3.88. The van der Waals surface area contributed by atoms with Crippen molar-refractivity contribution in [3.63, 3.8) is 0 Å². The van der Waals surface area contributed by atoms with Crippen molar-refractivity contribution in [2.24, 2.45) is 11.8 Å². The van der Waals surface area contributed by atoms with E-state index in [1.54, 1.807) is 0 Å². The second-order valence-corrected chi connectivity index (χ2v) is 5.58. The van der Waals surface area contributed by atoms with Crippen molar-refractivity contribution in [1.82, 2.24) is 5.32 Å². The van der Waals surface area contributed by atoms with Crippen LogP contribution in [0, 0.1) is 16.0 Å². The third-order valence-electron chi connectivity index (χ3n) is 3.88. The van der Waals surface area contributed by atoms with Gasteiger partial charge in [0.05, 0.1) is 4.92 Å². The Hall–Kier alpha value is -2.15. The van der Waals surface area contributed by atoms with Crippen LogP contribution in [0.25, 0.3) is 0 Å². The standard InChI is InChI=1S/C14H20N4O3/c1-9-3-2-4-11(7-9)16-14(19)10-5-6-12(17-15)13(8-10)18(20)21/h5-6,8-9,11,17H,2-4,7,15H2,1H3,(H,16,19). The van der Waals surface area contributed by atoms with Crippen molar-refractivity contribution in [2.45, 2.75) is 38.6 Å². The van der Waals surface area contributed by atoms with Gasteiger partial charge in [-0.05, 0) is 30.9 Å². The van der Waals surface area contributed by atoms with Crippen LogP contribution in [0.4, 0.5) is 11.4 Å². The summed E-state index contributed by atoms with van der Waals surface area (Å²) in [5.74, 6) is 5.55. The summed E-state index contributed by atoms with van der Waals surface area (Å²) in [7, 11) is 0. The number of benzene rings is 1. The average Bonchev–Trinajstić information content (AvgIpc) is 2.46. The Morgan fingerprint density at radius 1 is 1.43 bits per heavy atom. The molecular weight excluding hydrogens is 272 g/mol. The van der Waals surface area contributed by atoms with Gasteiger partial charge in [0.2, 0.25) is 0 Å². The van der Waals surface area contributed by atoms with E-state index in [1.165, 1.54) is 24.6 Å². The molecule has 2 atom stereocenters.